The maximum Gasteiger partial charge on any atom is 0.269 e. The third-order valence-corrected chi connectivity index (χ3v) is 8.21. The van der Waals surface area contributed by atoms with E-state index in [2.05, 4.69) is 49.7 Å². The molecule has 2 aliphatic rings. The Morgan fingerprint density at radius 2 is 1.84 bits per heavy atom. The smallest absolute Gasteiger partial charge is 0.269 e. The van der Waals surface area contributed by atoms with Gasteiger partial charge in [0.1, 0.15) is 0 Å². The van der Waals surface area contributed by atoms with E-state index in [1.165, 1.54) is 28.2 Å². The summed E-state index contributed by atoms with van der Waals surface area (Å²) in [6.07, 6.45) is 2.16. The number of aromatic nitrogens is 1. The minimum Gasteiger partial charge on any atom is -0.496 e. The van der Waals surface area contributed by atoms with E-state index in [1.54, 1.807) is 0 Å². The molecular formula is C26H25N2O2S-. The quantitative estimate of drug-likeness (QED) is 0.273. The summed E-state index contributed by atoms with van der Waals surface area (Å²) in [5, 5.41) is 1.55. The molecule has 4 aromatic rings. The Labute approximate surface area is 185 Å². The molecule has 0 N–H and O–H groups in total. The van der Waals surface area contributed by atoms with Gasteiger partial charge in [-0.25, -0.2) is 0 Å². The highest BCUT2D eigenvalue weighted by Crippen LogP contribution is 2.51. The number of nitrogens with zero attached hydrogens (tertiary/aromatic N) is 2. The zero-order chi connectivity index (χ0) is 21.5. The van der Waals surface area contributed by atoms with Gasteiger partial charge in [-0.15, -0.1) is 12.1 Å². The first-order valence-electron chi connectivity index (χ1n) is 10.9. The van der Waals surface area contributed by atoms with Crippen LogP contribution < -0.4 is 10.5 Å². The standard InChI is InChI=1S/C26H25N2O2S/c1-25(2)9-11-28-12-10-26(3,4)20-21(28)17(25)14-15-13-16(24(29)30-22(15)20)23-27-18-7-5-6-8-19(18)31-23/h5-8,14H,9-12H2,1-4H3/q-1. The van der Waals surface area contributed by atoms with E-state index in [0.717, 1.165) is 41.5 Å². The van der Waals surface area contributed by atoms with Gasteiger partial charge in [-0.2, -0.15) is 11.3 Å². The third-order valence-electron chi connectivity index (χ3n) is 7.15. The van der Waals surface area contributed by atoms with Gasteiger partial charge in [0.15, 0.2) is 0 Å². The molecule has 158 valence electrons. The summed E-state index contributed by atoms with van der Waals surface area (Å²) < 4.78 is 7.13. The number of rotatable bonds is 1. The maximum absolute atomic E-state index is 13.1. The van der Waals surface area contributed by atoms with Crippen LogP contribution in [-0.2, 0) is 10.8 Å². The topological polar surface area (TPSA) is 46.3 Å². The van der Waals surface area contributed by atoms with Crippen LogP contribution in [0.5, 0.6) is 0 Å². The van der Waals surface area contributed by atoms with Gasteiger partial charge in [0.05, 0.1) is 16.1 Å². The van der Waals surface area contributed by atoms with E-state index in [9.17, 15) is 4.79 Å². The molecule has 0 unspecified atom stereocenters. The second kappa shape index (κ2) is 6.19. The average molecular weight is 430 g/mol. The SMILES string of the molecule is CC1(C)CCN2CCC(C)(C)c3c2c1cc1[c-]c(-c2nc4ccccc4s2)c(=O)oc31. The first-order chi connectivity index (χ1) is 14.7. The lowest BCUT2D eigenvalue weighted by atomic mass is 9.69. The molecule has 0 fully saturated rings. The number of hydrogen-bond acceptors (Lipinski definition) is 5. The van der Waals surface area contributed by atoms with E-state index in [4.69, 9.17) is 4.42 Å². The summed E-state index contributed by atoms with van der Waals surface area (Å²) in [5.41, 5.74) is 5.47. The fourth-order valence-corrected chi connectivity index (χ4v) is 6.15. The number of fused-ring (bicyclic) bond motifs is 3. The number of hydrogen-bond donors (Lipinski definition) is 0. The first kappa shape index (κ1) is 19.1. The van der Waals surface area contributed by atoms with Gasteiger partial charge >= 0.3 is 0 Å². The molecule has 0 amide bonds. The fourth-order valence-electron chi connectivity index (χ4n) is 5.20. The summed E-state index contributed by atoms with van der Waals surface area (Å²) in [6.45, 7) is 11.3. The van der Waals surface area contributed by atoms with Crippen molar-refractivity contribution in [3.05, 3.63) is 57.9 Å². The average Bonchev–Trinajstić information content (AvgIpc) is 3.15. The Balaban J connectivity index is 1.68. The second-order valence-electron chi connectivity index (χ2n) is 10.2. The van der Waals surface area contributed by atoms with Crippen molar-refractivity contribution in [2.45, 2.75) is 51.4 Å². The Morgan fingerprint density at radius 1 is 1.10 bits per heavy atom. The van der Waals surface area contributed by atoms with E-state index < -0.39 is 0 Å². The summed E-state index contributed by atoms with van der Waals surface area (Å²) >= 11 is 1.51. The van der Waals surface area contributed by atoms with Gasteiger partial charge in [-0.1, -0.05) is 50.8 Å². The van der Waals surface area contributed by atoms with Crippen LogP contribution >= 0.6 is 11.3 Å². The normalized spacial score (nSPS) is 19.0. The molecule has 5 heteroatoms. The zero-order valence-electron chi connectivity index (χ0n) is 18.3. The van der Waals surface area contributed by atoms with Crippen LogP contribution in [0.1, 0.15) is 51.7 Å². The van der Waals surface area contributed by atoms with Crippen molar-refractivity contribution in [2.24, 2.45) is 0 Å². The molecule has 0 saturated carbocycles. The molecule has 0 radical (unpaired) electrons. The highest BCUT2D eigenvalue weighted by Gasteiger charge is 2.40. The predicted octanol–water partition coefficient (Wildman–Crippen LogP) is 6.04. The molecular weight excluding hydrogens is 404 g/mol. The number of benzene rings is 2. The van der Waals surface area contributed by atoms with Crippen molar-refractivity contribution in [2.75, 3.05) is 18.0 Å². The lowest BCUT2D eigenvalue weighted by Gasteiger charge is -2.49. The first-order valence-corrected chi connectivity index (χ1v) is 11.8. The molecule has 0 saturated heterocycles. The fraction of sp³-hybridized carbons (Fsp3) is 0.385. The van der Waals surface area contributed by atoms with E-state index >= 15 is 0 Å². The van der Waals surface area contributed by atoms with Crippen molar-refractivity contribution in [1.29, 1.82) is 0 Å². The van der Waals surface area contributed by atoms with Gasteiger partial charge < -0.3 is 9.32 Å². The molecule has 2 aromatic heterocycles. The zero-order valence-corrected chi connectivity index (χ0v) is 19.2. The molecule has 0 spiro atoms. The minimum absolute atomic E-state index is 0.0608. The highest BCUT2D eigenvalue weighted by atomic mass is 32.1. The van der Waals surface area contributed by atoms with Crippen molar-refractivity contribution >= 4 is 38.2 Å². The van der Waals surface area contributed by atoms with Gasteiger partial charge in [-0.05, 0) is 46.9 Å². The molecule has 2 aliphatic heterocycles. The van der Waals surface area contributed by atoms with Crippen molar-refractivity contribution in [1.82, 2.24) is 4.98 Å². The van der Waals surface area contributed by atoms with Crippen LogP contribution in [0.15, 0.2) is 39.5 Å². The predicted molar refractivity (Wildman–Crippen MR) is 127 cm³/mol. The summed E-state index contributed by atoms with van der Waals surface area (Å²) in [5.74, 6) is 0. The van der Waals surface area contributed by atoms with Gasteiger partial charge in [-0.3, -0.25) is 9.78 Å². The van der Waals surface area contributed by atoms with Crippen molar-refractivity contribution in [3.63, 3.8) is 0 Å². The lowest BCUT2D eigenvalue weighted by Crippen LogP contribution is -2.44. The minimum atomic E-state index is -0.356. The van der Waals surface area contributed by atoms with Crippen LogP contribution in [0.3, 0.4) is 0 Å². The number of thiazole rings is 1. The number of para-hydroxylation sites is 1. The van der Waals surface area contributed by atoms with Crippen LogP contribution in [0.2, 0.25) is 0 Å². The summed E-state index contributed by atoms with van der Waals surface area (Å²) in [7, 11) is 0. The Morgan fingerprint density at radius 3 is 2.61 bits per heavy atom. The number of anilines is 1. The van der Waals surface area contributed by atoms with Crippen LogP contribution in [0.25, 0.3) is 31.8 Å². The van der Waals surface area contributed by atoms with Gasteiger partial charge in [0.25, 0.3) is 5.63 Å². The maximum atomic E-state index is 13.1. The van der Waals surface area contributed by atoms with E-state index in [0.29, 0.717) is 16.2 Å². The lowest BCUT2D eigenvalue weighted by molar-refractivity contribution is 0.398. The molecule has 0 aliphatic carbocycles. The summed E-state index contributed by atoms with van der Waals surface area (Å²) in [6, 6.07) is 13.6. The Hall–Kier alpha value is -2.66. The van der Waals surface area contributed by atoms with Crippen LogP contribution in [0, 0.1) is 6.07 Å². The Bertz CT molecular complexity index is 1390. The van der Waals surface area contributed by atoms with Crippen LogP contribution in [-0.4, -0.2) is 18.1 Å². The van der Waals surface area contributed by atoms with Gasteiger partial charge in [0.2, 0.25) is 0 Å². The van der Waals surface area contributed by atoms with Gasteiger partial charge in [0, 0.05) is 23.5 Å². The van der Waals surface area contributed by atoms with Crippen molar-refractivity contribution in [3.8, 4) is 10.6 Å². The van der Waals surface area contributed by atoms with Crippen molar-refractivity contribution < 1.29 is 4.42 Å². The van der Waals surface area contributed by atoms with E-state index in [1.807, 2.05) is 24.3 Å². The third kappa shape index (κ3) is 2.72. The molecule has 2 aromatic carbocycles. The highest BCUT2D eigenvalue weighted by molar-refractivity contribution is 7.21. The molecule has 31 heavy (non-hydrogen) atoms. The molecule has 0 bridgehead atoms. The Kier molecular flexibility index (Phi) is 3.81. The molecule has 6 rings (SSSR count). The monoisotopic (exact) mass is 429 g/mol. The largest absolute Gasteiger partial charge is 0.496 e. The summed E-state index contributed by atoms with van der Waals surface area (Å²) in [4.78, 5) is 20.3. The molecule has 0 atom stereocenters. The molecule has 4 heterocycles. The van der Waals surface area contributed by atoms with Crippen LogP contribution in [0.4, 0.5) is 5.69 Å². The molecule has 4 nitrogen and oxygen atoms in total. The second-order valence-corrected chi connectivity index (χ2v) is 11.2. The van der Waals surface area contributed by atoms with E-state index in [-0.39, 0.29) is 16.5 Å².